The van der Waals surface area contributed by atoms with E-state index in [9.17, 15) is 43.2 Å². The van der Waals surface area contributed by atoms with Gasteiger partial charge in [0.2, 0.25) is 0 Å². The molecule has 0 radical (unpaired) electrons. The van der Waals surface area contributed by atoms with E-state index in [2.05, 4.69) is 48.5 Å². The molecule has 0 fully saturated rings. The Balaban J connectivity index is 5.27. The third kappa shape index (κ3) is 69.8. The number of phosphoric acid groups is 2. The van der Waals surface area contributed by atoms with Crippen molar-refractivity contribution in [1.29, 1.82) is 0 Å². The van der Waals surface area contributed by atoms with Gasteiger partial charge in [-0.25, -0.2) is 9.13 Å². The number of carbonyl (C=O) groups is 4. The van der Waals surface area contributed by atoms with E-state index in [1.54, 1.807) is 0 Å². The zero-order valence-corrected chi connectivity index (χ0v) is 66.0. The Kier molecular flexibility index (Phi) is 68.1. The van der Waals surface area contributed by atoms with E-state index in [-0.39, 0.29) is 25.7 Å². The fourth-order valence-corrected chi connectivity index (χ4v) is 13.6. The van der Waals surface area contributed by atoms with Crippen LogP contribution >= 0.6 is 15.6 Å². The molecule has 0 saturated heterocycles. The molecule has 7 atom stereocenters. The maximum atomic E-state index is 13.1. The predicted octanol–water partition coefficient (Wildman–Crippen LogP) is 23.4. The Morgan fingerprint density at radius 1 is 0.296 bits per heavy atom. The molecule has 0 aliphatic carbocycles. The van der Waals surface area contributed by atoms with Crippen LogP contribution in [-0.4, -0.2) is 96.7 Å². The lowest BCUT2D eigenvalue weighted by molar-refractivity contribution is -0.161. The van der Waals surface area contributed by atoms with E-state index < -0.39 is 97.5 Å². The van der Waals surface area contributed by atoms with Crippen LogP contribution in [0.25, 0.3) is 0 Å². The summed E-state index contributed by atoms with van der Waals surface area (Å²) < 4.78 is 68.7. The van der Waals surface area contributed by atoms with E-state index in [1.165, 1.54) is 218 Å². The molecule has 98 heavy (non-hydrogen) atoms. The van der Waals surface area contributed by atoms with Crippen LogP contribution in [0, 0.1) is 17.8 Å². The first-order valence-corrected chi connectivity index (χ1v) is 43.9. The Morgan fingerprint density at radius 2 is 0.520 bits per heavy atom. The number of phosphoric ester groups is 2. The smallest absolute Gasteiger partial charge is 0.462 e. The Labute approximate surface area is 600 Å². The quantitative estimate of drug-likeness (QED) is 0.0222. The molecule has 0 rings (SSSR count). The van der Waals surface area contributed by atoms with Crippen LogP contribution in [-0.2, 0) is 65.4 Å². The average molecular weight is 1440 g/mol. The van der Waals surface area contributed by atoms with Gasteiger partial charge in [-0.1, -0.05) is 357 Å². The number of carbonyl (C=O) groups excluding carboxylic acids is 4. The van der Waals surface area contributed by atoms with Gasteiger partial charge in [0.25, 0.3) is 0 Å². The molecule has 0 saturated carbocycles. The molecule has 19 heteroatoms. The van der Waals surface area contributed by atoms with Crippen molar-refractivity contribution in [3.63, 3.8) is 0 Å². The summed E-state index contributed by atoms with van der Waals surface area (Å²) in [5.41, 5.74) is 0. The lowest BCUT2D eigenvalue weighted by Crippen LogP contribution is -2.30. The van der Waals surface area contributed by atoms with Crippen molar-refractivity contribution < 1.29 is 80.2 Å². The molecule has 17 nitrogen and oxygen atoms in total. The largest absolute Gasteiger partial charge is 0.472 e. The zero-order chi connectivity index (χ0) is 72.3. The van der Waals surface area contributed by atoms with Crippen LogP contribution in [0.4, 0.5) is 0 Å². The van der Waals surface area contributed by atoms with Crippen molar-refractivity contribution in [2.24, 2.45) is 17.8 Å². The number of hydrogen-bond acceptors (Lipinski definition) is 15. The van der Waals surface area contributed by atoms with Crippen molar-refractivity contribution in [2.45, 2.75) is 426 Å². The number of rotatable bonds is 77. The summed E-state index contributed by atoms with van der Waals surface area (Å²) in [7, 11) is -9.92. The van der Waals surface area contributed by atoms with E-state index in [0.29, 0.717) is 25.7 Å². The highest BCUT2D eigenvalue weighted by Crippen LogP contribution is 2.45. The molecule has 0 aromatic rings. The van der Waals surface area contributed by atoms with Crippen molar-refractivity contribution in [3.05, 3.63) is 0 Å². The molecule has 0 spiro atoms. The van der Waals surface area contributed by atoms with Crippen LogP contribution < -0.4 is 0 Å². The van der Waals surface area contributed by atoms with E-state index in [4.69, 9.17) is 37.0 Å². The lowest BCUT2D eigenvalue weighted by atomic mass is 9.99. The Hall–Kier alpha value is -1.94. The Bertz CT molecular complexity index is 1910. The predicted molar refractivity (Wildman–Crippen MR) is 400 cm³/mol. The standard InChI is InChI=1S/C79H154O17P2/c1-8-11-12-13-14-15-16-17-18-22-25-31-39-46-53-60-76(81)89-66-74(95-78(83)62-55-48-41-32-26-23-20-19-21-24-30-37-44-51-58-71(6)9-2)68-93-97(85,86)91-64-73(80)65-92-98(87,88)94-69-75(67-90-77(82)61-54-47-40-35-34-38-45-52-59-72(7)10-3)96-79(84)63-56-49-42-33-28-27-29-36-43-50-57-70(4)5/h70-75,80H,8-69H2,1-7H3,(H,85,86)(H,87,88)/t71?,72?,73-,74-,75-/m1/s1. The average Bonchev–Trinajstić information content (AvgIpc) is 1.15. The monoisotopic (exact) mass is 1440 g/mol. The molecular weight excluding hydrogens is 1280 g/mol. The molecule has 3 N–H and O–H groups in total. The molecule has 0 amide bonds. The highest BCUT2D eigenvalue weighted by atomic mass is 31.2. The molecule has 0 heterocycles. The fraction of sp³-hybridized carbons (Fsp3) is 0.949. The molecule has 0 aromatic heterocycles. The summed E-state index contributed by atoms with van der Waals surface area (Å²) in [6, 6.07) is 0. The number of esters is 4. The fourth-order valence-electron chi connectivity index (χ4n) is 12.1. The summed E-state index contributed by atoms with van der Waals surface area (Å²) in [5, 5.41) is 10.6. The van der Waals surface area contributed by atoms with Gasteiger partial charge < -0.3 is 33.8 Å². The molecular formula is C79H154O17P2. The van der Waals surface area contributed by atoms with Crippen LogP contribution in [0.1, 0.15) is 408 Å². The van der Waals surface area contributed by atoms with Gasteiger partial charge in [-0.15, -0.1) is 0 Å². The minimum absolute atomic E-state index is 0.105. The van der Waals surface area contributed by atoms with Gasteiger partial charge >= 0.3 is 39.5 Å². The summed E-state index contributed by atoms with van der Waals surface area (Å²) in [6.07, 6.45) is 56.7. The van der Waals surface area contributed by atoms with E-state index in [0.717, 1.165) is 108 Å². The number of ether oxygens (including phenoxy) is 4. The molecule has 0 aliphatic rings. The van der Waals surface area contributed by atoms with E-state index >= 15 is 0 Å². The summed E-state index contributed by atoms with van der Waals surface area (Å²) in [4.78, 5) is 73.0. The minimum atomic E-state index is -4.96. The second kappa shape index (κ2) is 69.4. The van der Waals surface area contributed by atoms with Crippen LogP contribution in [0.3, 0.4) is 0 Å². The van der Waals surface area contributed by atoms with Gasteiger partial charge in [0.05, 0.1) is 26.4 Å². The maximum absolute atomic E-state index is 13.1. The minimum Gasteiger partial charge on any atom is -0.462 e. The van der Waals surface area contributed by atoms with Crippen molar-refractivity contribution in [3.8, 4) is 0 Å². The van der Waals surface area contributed by atoms with Gasteiger partial charge in [0, 0.05) is 25.7 Å². The van der Waals surface area contributed by atoms with Crippen LogP contribution in [0.15, 0.2) is 0 Å². The summed E-state index contributed by atoms with van der Waals surface area (Å²) in [5.74, 6) is 0.263. The number of hydrogen-bond donors (Lipinski definition) is 3. The molecule has 0 aromatic carbocycles. The second-order valence-electron chi connectivity index (χ2n) is 29.4. The highest BCUT2D eigenvalue weighted by molar-refractivity contribution is 7.47. The molecule has 0 bridgehead atoms. The molecule has 582 valence electrons. The first-order valence-electron chi connectivity index (χ1n) is 40.9. The number of aliphatic hydroxyl groups is 1. The van der Waals surface area contributed by atoms with Crippen LogP contribution in [0.5, 0.6) is 0 Å². The Morgan fingerprint density at radius 3 is 0.776 bits per heavy atom. The number of aliphatic hydroxyl groups excluding tert-OH is 1. The van der Waals surface area contributed by atoms with Crippen LogP contribution in [0.2, 0.25) is 0 Å². The van der Waals surface area contributed by atoms with Gasteiger partial charge in [0.15, 0.2) is 12.2 Å². The summed E-state index contributed by atoms with van der Waals surface area (Å²) >= 11 is 0. The SMILES string of the molecule is CCCCCCCCCCCCCCCCCC(=O)OC[C@H](COP(=O)(O)OC[C@@H](O)COP(=O)(O)OC[C@@H](COC(=O)CCCCCCCCCCC(C)CC)OC(=O)CCCCCCCCCCCCC(C)C)OC(=O)CCCCCCCCCCCCCCCCC(C)CC. The summed E-state index contributed by atoms with van der Waals surface area (Å²) in [6.45, 7) is 12.0. The lowest BCUT2D eigenvalue weighted by Gasteiger charge is -2.21. The van der Waals surface area contributed by atoms with Gasteiger partial charge in [-0.3, -0.25) is 37.3 Å². The molecule has 4 unspecified atom stereocenters. The first-order chi connectivity index (χ1) is 47.3. The first kappa shape index (κ1) is 96.1. The zero-order valence-electron chi connectivity index (χ0n) is 64.3. The van der Waals surface area contributed by atoms with Crippen molar-refractivity contribution >= 4 is 39.5 Å². The van der Waals surface area contributed by atoms with Crippen molar-refractivity contribution in [2.75, 3.05) is 39.6 Å². The van der Waals surface area contributed by atoms with Crippen molar-refractivity contribution in [1.82, 2.24) is 0 Å². The van der Waals surface area contributed by atoms with Gasteiger partial charge in [-0.2, -0.15) is 0 Å². The maximum Gasteiger partial charge on any atom is 0.472 e. The van der Waals surface area contributed by atoms with E-state index in [1.807, 2.05) is 0 Å². The number of unbranched alkanes of at least 4 members (excludes halogenated alkanes) is 43. The normalized spacial score (nSPS) is 14.6. The molecule has 0 aliphatic heterocycles. The third-order valence-electron chi connectivity index (χ3n) is 19.1. The third-order valence-corrected chi connectivity index (χ3v) is 21.0. The second-order valence-corrected chi connectivity index (χ2v) is 32.3. The topological polar surface area (TPSA) is 237 Å². The van der Waals surface area contributed by atoms with Gasteiger partial charge in [-0.05, 0) is 43.4 Å². The van der Waals surface area contributed by atoms with Gasteiger partial charge in [0.1, 0.15) is 19.3 Å². The highest BCUT2D eigenvalue weighted by Gasteiger charge is 2.30.